The first-order chi connectivity index (χ1) is 15.7. The van der Waals surface area contributed by atoms with E-state index in [2.05, 4.69) is 10.0 Å². The van der Waals surface area contributed by atoms with Crippen molar-refractivity contribution in [1.82, 2.24) is 0 Å². The molecule has 0 saturated carbocycles. The first-order valence-electron chi connectivity index (χ1n) is 9.90. The molecule has 0 saturated heterocycles. The standard InChI is InChI=1S/C23H22FN3O5S/c1-3-32-23(29)27(2)20-13-11-18(12-14-20)25-22(28)16-5-4-6-21(15-16)33(30,31)26-19-9-7-17(24)8-10-19/h4-15,26H,3H2,1-2H3,(H,25,28). The van der Waals surface area contributed by atoms with Crippen LogP contribution in [0.15, 0.2) is 77.7 Å². The van der Waals surface area contributed by atoms with Gasteiger partial charge in [-0.2, -0.15) is 0 Å². The minimum atomic E-state index is -3.98. The van der Waals surface area contributed by atoms with E-state index in [9.17, 15) is 22.4 Å². The molecule has 0 spiro atoms. The Morgan fingerprint density at radius 1 is 0.970 bits per heavy atom. The van der Waals surface area contributed by atoms with Gasteiger partial charge in [-0.05, 0) is 73.7 Å². The minimum Gasteiger partial charge on any atom is -0.449 e. The zero-order valence-corrected chi connectivity index (χ0v) is 18.7. The molecule has 0 aliphatic rings. The summed E-state index contributed by atoms with van der Waals surface area (Å²) in [4.78, 5) is 25.7. The maximum atomic E-state index is 13.0. The van der Waals surface area contributed by atoms with Gasteiger partial charge in [0.25, 0.3) is 15.9 Å². The molecule has 0 aliphatic carbocycles. The van der Waals surface area contributed by atoms with Gasteiger partial charge in [0.15, 0.2) is 0 Å². The second-order valence-electron chi connectivity index (χ2n) is 6.90. The Morgan fingerprint density at radius 3 is 2.24 bits per heavy atom. The van der Waals surface area contributed by atoms with E-state index in [0.29, 0.717) is 11.4 Å². The molecule has 0 unspecified atom stereocenters. The summed E-state index contributed by atoms with van der Waals surface area (Å²) in [7, 11) is -2.42. The monoisotopic (exact) mass is 471 g/mol. The predicted molar refractivity (Wildman–Crippen MR) is 123 cm³/mol. The van der Waals surface area contributed by atoms with Crippen molar-refractivity contribution < 1.29 is 27.1 Å². The molecule has 3 rings (SSSR count). The lowest BCUT2D eigenvalue weighted by atomic mass is 10.2. The lowest BCUT2D eigenvalue weighted by Crippen LogP contribution is -2.26. The van der Waals surface area contributed by atoms with E-state index in [1.54, 1.807) is 38.2 Å². The molecule has 3 aromatic rings. The summed E-state index contributed by atoms with van der Waals surface area (Å²) >= 11 is 0. The van der Waals surface area contributed by atoms with Crippen LogP contribution in [0.2, 0.25) is 0 Å². The van der Waals surface area contributed by atoms with Crippen molar-refractivity contribution in [2.45, 2.75) is 11.8 Å². The zero-order valence-electron chi connectivity index (χ0n) is 17.9. The highest BCUT2D eigenvalue weighted by Gasteiger charge is 2.17. The number of nitrogens with one attached hydrogen (secondary N) is 2. The molecule has 0 atom stereocenters. The Balaban J connectivity index is 1.71. The van der Waals surface area contributed by atoms with Crippen molar-refractivity contribution in [3.63, 3.8) is 0 Å². The van der Waals surface area contributed by atoms with Crippen molar-refractivity contribution in [2.24, 2.45) is 0 Å². The summed E-state index contributed by atoms with van der Waals surface area (Å²) in [6.07, 6.45) is -0.499. The lowest BCUT2D eigenvalue weighted by molar-refractivity contribution is 0.102. The summed E-state index contributed by atoms with van der Waals surface area (Å²) in [6.45, 7) is 1.97. The first kappa shape index (κ1) is 23.7. The number of carbonyl (C=O) groups excluding carboxylic acids is 2. The Morgan fingerprint density at radius 2 is 1.61 bits per heavy atom. The Kier molecular flexibility index (Phi) is 7.29. The van der Waals surface area contributed by atoms with Gasteiger partial charge < -0.3 is 10.1 Å². The molecule has 2 amide bonds. The highest BCUT2D eigenvalue weighted by Crippen LogP contribution is 2.20. The fraction of sp³-hybridized carbons (Fsp3) is 0.130. The van der Waals surface area contributed by atoms with Crippen LogP contribution < -0.4 is 14.9 Å². The van der Waals surface area contributed by atoms with Crippen LogP contribution in [0, 0.1) is 5.82 Å². The smallest absolute Gasteiger partial charge is 0.413 e. The topological polar surface area (TPSA) is 105 Å². The van der Waals surface area contributed by atoms with Crippen LogP contribution in [-0.2, 0) is 14.8 Å². The molecule has 2 N–H and O–H groups in total. The maximum absolute atomic E-state index is 13.0. The number of hydrogen-bond donors (Lipinski definition) is 2. The molecule has 0 heterocycles. The van der Waals surface area contributed by atoms with E-state index >= 15 is 0 Å². The maximum Gasteiger partial charge on any atom is 0.413 e. The fourth-order valence-corrected chi connectivity index (χ4v) is 3.94. The predicted octanol–water partition coefficient (Wildman–Crippen LogP) is 4.47. The van der Waals surface area contributed by atoms with Gasteiger partial charge in [-0.25, -0.2) is 17.6 Å². The van der Waals surface area contributed by atoms with Crippen LogP contribution in [0.3, 0.4) is 0 Å². The number of benzene rings is 3. The number of halogens is 1. The first-order valence-corrected chi connectivity index (χ1v) is 11.4. The Labute approximate surface area is 191 Å². The van der Waals surface area contributed by atoms with Crippen molar-refractivity contribution in [2.75, 3.05) is 28.6 Å². The fourth-order valence-electron chi connectivity index (χ4n) is 2.83. The summed E-state index contributed by atoms with van der Waals surface area (Å²) in [6, 6.07) is 16.9. The van der Waals surface area contributed by atoms with Crippen LogP contribution in [0.4, 0.5) is 26.2 Å². The molecule has 0 radical (unpaired) electrons. The van der Waals surface area contributed by atoms with E-state index in [-0.39, 0.29) is 22.8 Å². The van der Waals surface area contributed by atoms with Gasteiger partial charge >= 0.3 is 6.09 Å². The van der Waals surface area contributed by atoms with Crippen LogP contribution in [0.5, 0.6) is 0 Å². The third-order valence-corrected chi connectivity index (χ3v) is 5.94. The molecule has 0 aromatic heterocycles. The van der Waals surface area contributed by atoms with Crippen LogP contribution >= 0.6 is 0 Å². The molecule has 0 aliphatic heterocycles. The number of sulfonamides is 1. The molecule has 3 aromatic carbocycles. The van der Waals surface area contributed by atoms with Gasteiger partial charge in [-0.3, -0.25) is 14.4 Å². The van der Waals surface area contributed by atoms with E-state index in [4.69, 9.17) is 4.74 Å². The lowest BCUT2D eigenvalue weighted by Gasteiger charge is -2.17. The van der Waals surface area contributed by atoms with Crippen molar-refractivity contribution in [1.29, 1.82) is 0 Å². The van der Waals surface area contributed by atoms with E-state index in [1.165, 1.54) is 41.3 Å². The highest BCUT2D eigenvalue weighted by atomic mass is 32.2. The van der Waals surface area contributed by atoms with Gasteiger partial charge in [-0.1, -0.05) is 6.07 Å². The average Bonchev–Trinajstić information content (AvgIpc) is 2.80. The van der Waals surface area contributed by atoms with Gasteiger partial charge in [0.1, 0.15) is 5.82 Å². The number of hydrogen-bond acceptors (Lipinski definition) is 5. The number of rotatable bonds is 7. The van der Waals surface area contributed by atoms with Crippen molar-refractivity contribution in [3.8, 4) is 0 Å². The minimum absolute atomic E-state index is 0.120. The number of nitrogens with zero attached hydrogens (tertiary/aromatic N) is 1. The normalized spacial score (nSPS) is 10.9. The molecule has 33 heavy (non-hydrogen) atoms. The number of ether oxygens (including phenoxy) is 1. The number of anilines is 3. The molecule has 10 heteroatoms. The van der Waals surface area contributed by atoms with Crippen molar-refractivity contribution in [3.05, 3.63) is 84.2 Å². The van der Waals surface area contributed by atoms with Crippen LogP contribution in [0.25, 0.3) is 0 Å². The third-order valence-electron chi connectivity index (χ3n) is 4.56. The third kappa shape index (κ3) is 6.07. The Bertz CT molecular complexity index is 1250. The molecular weight excluding hydrogens is 449 g/mol. The van der Waals surface area contributed by atoms with Gasteiger partial charge in [0, 0.05) is 29.7 Å². The average molecular weight is 472 g/mol. The summed E-state index contributed by atoms with van der Waals surface area (Å²) < 4.78 is 45.6. The number of amides is 2. The van der Waals surface area contributed by atoms with Gasteiger partial charge in [-0.15, -0.1) is 0 Å². The van der Waals surface area contributed by atoms with E-state index in [0.717, 1.165) is 12.1 Å². The molecule has 8 nitrogen and oxygen atoms in total. The van der Waals surface area contributed by atoms with Crippen molar-refractivity contribution >= 4 is 39.1 Å². The van der Waals surface area contributed by atoms with Gasteiger partial charge in [0.2, 0.25) is 0 Å². The molecule has 0 bridgehead atoms. The van der Waals surface area contributed by atoms with E-state index < -0.39 is 27.8 Å². The highest BCUT2D eigenvalue weighted by molar-refractivity contribution is 7.92. The second kappa shape index (κ2) is 10.1. The SMILES string of the molecule is CCOC(=O)N(C)c1ccc(NC(=O)c2cccc(S(=O)(=O)Nc3ccc(F)cc3)c2)cc1. The summed E-state index contributed by atoms with van der Waals surface area (Å²) in [5, 5.41) is 2.68. The van der Waals surface area contributed by atoms with Gasteiger partial charge in [0.05, 0.1) is 11.5 Å². The number of carbonyl (C=O) groups is 2. The molecular formula is C23H22FN3O5S. The summed E-state index contributed by atoms with van der Waals surface area (Å²) in [5.74, 6) is -1.00. The summed E-state index contributed by atoms with van der Waals surface area (Å²) in [5.41, 5.74) is 1.36. The van der Waals surface area contributed by atoms with Crippen LogP contribution in [0.1, 0.15) is 17.3 Å². The largest absolute Gasteiger partial charge is 0.449 e. The van der Waals surface area contributed by atoms with Crippen LogP contribution in [-0.4, -0.2) is 34.1 Å². The van der Waals surface area contributed by atoms with E-state index in [1.807, 2.05) is 0 Å². The second-order valence-corrected chi connectivity index (χ2v) is 8.58. The molecule has 0 fully saturated rings. The Hall–Kier alpha value is -3.92. The zero-order chi connectivity index (χ0) is 24.0. The quantitative estimate of drug-likeness (QED) is 0.529. The molecule has 172 valence electrons.